The van der Waals surface area contributed by atoms with E-state index < -0.39 is 35.7 Å². The lowest BCUT2D eigenvalue weighted by molar-refractivity contribution is -0.126. The van der Waals surface area contributed by atoms with E-state index in [2.05, 4.69) is 0 Å². The van der Waals surface area contributed by atoms with Crippen LogP contribution in [-0.2, 0) is 14.4 Å². The lowest BCUT2D eigenvalue weighted by Crippen LogP contribution is -2.37. The maximum atomic E-state index is 14.8. The summed E-state index contributed by atoms with van der Waals surface area (Å²) in [7, 11) is 0. The van der Waals surface area contributed by atoms with E-state index in [4.69, 9.17) is 10.1 Å². The van der Waals surface area contributed by atoms with Crippen molar-refractivity contribution in [2.45, 2.75) is 12.1 Å². The van der Waals surface area contributed by atoms with E-state index in [0.717, 1.165) is 4.90 Å². The molecule has 2 aliphatic rings. The SMILES string of the molecule is N#Cc1ccc(N2C(=O)[C@@H]3[C@H](ON(c4ccccc4)[C@H]3c3ccccc3F)C2=O)cc1. The van der Waals surface area contributed by atoms with Crippen LogP contribution >= 0.6 is 0 Å². The summed E-state index contributed by atoms with van der Waals surface area (Å²) in [6.07, 6.45) is -1.08. The minimum Gasteiger partial charge on any atom is -0.273 e. The number of anilines is 2. The fourth-order valence-electron chi connectivity index (χ4n) is 4.18. The number of hydrogen-bond acceptors (Lipinski definition) is 5. The van der Waals surface area contributed by atoms with Crippen LogP contribution in [0, 0.1) is 23.1 Å². The molecule has 152 valence electrons. The van der Waals surface area contributed by atoms with Gasteiger partial charge in [-0.3, -0.25) is 14.4 Å². The summed E-state index contributed by atoms with van der Waals surface area (Å²) in [5, 5.41) is 10.5. The second-order valence-electron chi connectivity index (χ2n) is 7.35. The molecule has 3 aromatic carbocycles. The van der Waals surface area contributed by atoms with Crippen LogP contribution < -0.4 is 9.96 Å². The highest BCUT2D eigenvalue weighted by atomic mass is 19.1. The molecule has 0 N–H and O–H groups in total. The highest BCUT2D eigenvalue weighted by Gasteiger charge is 2.60. The Labute approximate surface area is 177 Å². The van der Waals surface area contributed by atoms with E-state index in [9.17, 15) is 14.0 Å². The first kappa shape index (κ1) is 19.0. The summed E-state index contributed by atoms with van der Waals surface area (Å²) in [5.74, 6) is -2.37. The molecule has 0 radical (unpaired) electrons. The summed E-state index contributed by atoms with van der Waals surface area (Å²) in [6, 6.07) is 22.5. The molecule has 2 amide bonds. The molecule has 6 nitrogen and oxygen atoms in total. The van der Waals surface area contributed by atoms with Crippen molar-refractivity contribution < 1.29 is 18.8 Å². The largest absolute Gasteiger partial charge is 0.273 e. The van der Waals surface area contributed by atoms with Crippen LogP contribution in [0.25, 0.3) is 0 Å². The first-order valence-corrected chi connectivity index (χ1v) is 9.73. The Hall–Kier alpha value is -4.02. The smallest absolute Gasteiger partial charge is 0.266 e. The van der Waals surface area contributed by atoms with Crippen LogP contribution in [-0.4, -0.2) is 17.9 Å². The quantitative estimate of drug-likeness (QED) is 0.612. The molecule has 3 atom stereocenters. The monoisotopic (exact) mass is 413 g/mol. The van der Waals surface area contributed by atoms with Gasteiger partial charge in [0.1, 0.15) is 11.7 Å². The number of halogens is 1. The lowest BCUT2D eigenvalue weighted by atomic mass is 9.90. The van der Waals surface area contributed by atoms with Gasteiger partial charge in [-0.25, -0.2) is 14.4 Å². The molecule has 2 fully saturated rings. The van der Waals surface area contributed by atoms with Crippen LogP contribution in [0.3, 0.4) is 0 Å². The van der Waals surface area contributed by atoms with Crippen molar-refractivity contribution in [2.24, 2.45) is 5.92 Å². The highest BCUT2D eigenvalue weighted by Crippen LogP contribution is 2.48. The minimum atomic E-state index is -1.08. The zero-order valence-electron chi connectivity index (χ0n) is 16.2. The Kier molecular flexibility index (Phi) is 4.50. The first-order chi connectivity index (χ1) is 15.1. The van der Waals surface area contributed by atoms with E-state index in [1.165, 1.54) is 23.3 Å². The van der Waals surface area contributed by atoms with Gasteiger partial charge in [0.05, 0.1) is 29.0 Å². The number of benzene rings is 3. The van der Waals surface area contributed by atoms with E-state index in [-0.39, 0.29) is 5.56 Å². The van der Waals surface area contributed by atoms with Crippen molar-refractivity contribution in [3.05, 3.63) is 95.8 Å². The second-order valence-corrected chi connectivity index (χ2v) is 7.35. The van der Waals surface area contributed by atoms with Gasteiger partial charge in [0, 0.05) is 5.56 Å². The summed E-state index contributed by atoms with van der Waals surface area (Å²) >= 11 is 0. The van der Waals surface area contributed by atoms with Gasteiger partial charge >= 0.3 is 0 Å². The van der Waals surface area contributed by atoms with Gasteiger partial charge in [-0.2, -0.15) is 5.26 Å². The minimum absolute atomic E-state index is 0.279. The number of nitrogens with zero attached hydrogens (tertiary/aromatic N) is 3. The van der Waals surface area contributed by atoms with Crippen molar-refractivity contribution in [1.29, 1.82) is 5.26 Å². The number of rotatable bonds is 3. The van der Waals surface area contributed by atoms with Crippen LogP contribution in [0.2, 0.25) is 0 Å². The Morgan fingerprint density at radius 3 is 2.19 bits per heavy atom. The average Bonchev–Trinajstić information content (AvgIpc) is 3.31. The predicted molar refractivity (Wildman–Crippen MR) is 110 cm³/mol. The summed E-state index contributed by atoms with van der Waals surface area (Å²) in [6.45, 7) is 0. The maximum absolute atomic E-state index is 14.8. The zero-order chi connectivity index (χ0) is 21.5. The number of amides is 2. The molecule has 5 rings (SSSR count). The number of carbonyl (C=O) groups excluding carboxylic acids is 2. The molecule has 0 aliphatic carbocycles. The Morgan fingerprint density at radius 2 is 1.52 bits per heavy atom. The van der Waals surface area contributed by atoms with E-state index in [0.29, 0.717) is 16.9 Å². The normalized spacial score (nSPS) is 22.5. The fraction of sp³-hybridized carbons (Fsp3) is 0.125. The third kappa shape index (κ3) is 2.97. The molecule has 31 heavy (non-hydrogen) atoms. The Morgan fingerprint density at radius 1 is 0.839 bits per heavy atom. The van der Waals surface area contributed by atoms with Crippen molar-refractivity contribution in [3.63, 3.8) is 0 Å². The molecular formula is C24H16FN3O3. The lowest BCUT2D eigenvalue weighted by Gasteiger charge is -2.29. The molecule has 0 spiro atoms. The molecule has 0 aromatic heterocycles. The molecule has 2 heterocycles. The van der Waals surface area contributed by atoms with Gasteiger partial charge in [0.15, 0.2) is 6.10 Å². The number of fused-ring (bicyclic) bond motifs is 1. The van der Waals surface area contributed by atoms with Crippen molar-refractivity contribution in [1.82, 2.24) is 0 Å². The molecule has 3 aromatic rings. The van der Waals surface area contributed by atoms with Crippen molar-refractivity contribution >= 4 is 23.2 Å². The predicted octanol–water partition coefficient (Wildman–Crippen LogP) is 3.75. The molecule has 0 unspecified atom stereocenters. The Bertz CT molecular complexity index is 1210. The molecule has 7 heteroatoms. The molecule has 2 aliphatic heterocycles. The van der Waals surface area contributed by atoms with E-state index in [1.807, 2.05) is 12.1 Å². The molecule has 0 saturated carbocycles. The van der Waals surface area contributed by atoms with Gasteiger partial charge in [0.2, 0.25) is 5.91 Å². The van der Waals surface area contributed by atoms with Gasteiger partial charge in [-0.05, 0) is 42.5 Å². The highest BCUT2D eigenvalue weighted by molar-refractivity contribution is 6.23. The average molecular weight is 413 g/mol. The molecule has 2 saturated heterocycles. The van der Waals surface area contributed by atoms with Gasteiger partial charge in [0.25, 0.3) is 5.91 Å². The second kappa shape index (κ2) is 7.35. The Balaban J connectivity index is 1.59. The number of hydrogen-bond donors (Lipinski definition) is 0. The fourth-order valence-corrected chi connectivity index (χ4v) is 4.18. The number of imide groups is 1. The number of para-hydroxylation sites is 1. The van der Waals surface area contributed by atoms with Gasteiger partial charge in [-0.15, -0.1) is 0 Å². The van der Waals surface area contributed by atoms with E-state index >= 15 is 0 Å². The van der Waals surface area contributed by atoms with Gasteiger partial charge in [-0.1, -0.05) is 36.4 Å². The third-order valence-corrected chi connectivity index (χ3v) is 5.60. The van der Waals surface area contributed by atoms with Crippen LogP contribution in [0.5, 0.6) is 0 Å². The summed E-state index contributed by atoms with van der Waals surface area (Å²) in [5.41, 5.74) is 1.67. The van der Waals surface area contributed by atoms with Crippen LogP contribution in [0.15, 0.2) is 78.9 Å². The third-order valence-electron chi connectivity index (χ3n) is 5.60. The number of hydroxylamine groups is 1. The van der Waals surface area contributed by atoms with Crippen LogP contribution in [0.4, 0.5) is 15.8 Å². The maximum Gasteiger partial charge on any atom is 0.266 e. The topological polar surface area (TPSA) is 73.6 Å². The first-order valence-electron chi connectivity index (χ1n) is 9.73. The van der Waals surface area contributed by atoms with Crippen molar-refractivity contribution in [2.75, 3.05) is 9.96 Å². The molecular weight excluding hydrogens is 397 g/mol. The molecule has 0 bridgehead atoms. The van der Waals surface area contributed by atoms with Crippen LogP contribution in [0.1, 0.15) is 17.2 Å². The van der Waals surface area contributed by atoms with E-state index in [1.54, 1.807) is 54.6 Å². The number of carbonyl (C=O) groups is 2. The zero-order valence-corrected chi connectivity index (χ0v) is 16.2. The van der Waals surface area contributed by atoms with Gasteiger partial charge < -0.3 is 0 Å². The summed E-state index contributed by atoms with van der Waals surface area (Å²) < 4.78 is 14.8. The number of nitriles is 1. The van der Waals surface area contributed by atoms with Crippen molar-refractivity contribution in [3.8, 4) is 6.07 Å². The standard InChI is InChI=1S/C24H16FN3O3/c25-19-9-5-4-8-18(19)21-20-22(31-28(21)17-6-2-1-3-7-17)24(30)27(23(20)29)16-12-10-15(14-26)11-13-16/h1-13,20-22H/t20-,21-,22-/m0/s1. The summed E-state index contributed by atoms with van der Waals surface area (Å²) in [4.78, 5) is 33.7.